The number of carbonyl (C=O) groups excluding carboxylic acids is 1. The number of ether oxygens (including phenoxy) is 2. The highest BCUT2D eigenvalue weighted by Gasteiger charge is 2.49. The Bertz CT molecular complexity index is 653. The first-order valence-corrected chi connectivity index (χ1v) is 7.48. The number of hydrogen-bond donors (Lipinski definition) is 0. The molecular formula is C18H21NO3. The largest absolute Gasteiger partial charge is 0.497 e. The highest BCUT2D eigenvalue weighted by Crippen LogP contribution is 2.40. The molecule has 4 heteroatoms. The average molecular weight is 299 g/mol. The number of β-lactam (4-membered cyclic amide) rings is 1. The minimum absolute atomic E-state index is 0.0374. The number of carbonyl (C=O) groups is 1. The summed E-state index contributed by atoms with van der Waals surface area (Å²) in [5.74, 6) is 0.849. The van der Waals surface area contributed by atoms with E-state index in [-0.39, 0.29) is 18.1 Å². The fourth-order valence-corrected chi connectivity index (χ4v) is 3.13. The molecule has 0 spiro atoms. The van der Waals surface area contributed by atoms with E-state index in [9.17, 15) is 4.79 Å². The Morgan fingerprint density at radius 3 is 2.45 bits per heavy atom. The lowest BCUT2D eigenvalue weighted by Crippen LogP contribution is -2.61. The van der Waals surface area contributed by atoms with Gasteiger partial charge >= 0.3 is 0 Å². The van der Waals surface area contributed by atoms with Gasteiger partial charge in [0, 0.05) is 11.3 Å². The van der Waals surface area contributed by atoms with Crippen LogP contribution in [-0.2, 0) is 9.53 Å². The first-order valence-electron chi connectivity index (χ1n) is 7.48. The third kappa shape index (κ3) is 2.24. The van der Waals surface area contributed by atoms with Gasteiger partial charge in [0.25, 0.3) is 5.91 Å². The number of hydrogen-bond acceptors (Lipinski definition) is 3. The average Bonchev–Trinajstić information content (AvgIpc) is 2.90. The minimum Gasteiger partial charge on any atom is -0.497 e. The molecule has 1 aromatic carbocycles. The van der Waals surface area contributed by atoms with Crippen molar-refractivity contribution in [2.45, 2.75) is 32.9 Å². The van der Waals surface area contributed by atoms with Crippen LogP contribution in [0.3, 0.4) is 0 Å². The molecule has 0 N–H and O–H groups in total. The van der Waals surface area contributed by atoms with Crippen LogP contribution >= 0.6 is 0 Å². The molecule has 1 amide bonds. The normalized spacial score (nSPS) is 24.2. The van der Waals surface area contributed by atoms with Crippen molar-refractivity contribution in [1.29, 1.82) is 0 Å². The predicted octanol–water partition coefficient (Wildman–Crippen LogP) is 3.09. The summed E-state index contributed by atoms with van der Waals surface area (Å²) in [6.45, 7) is 6.65. The van der Waals surface area contributed by atoms with Gasteiger partial charge in [-0.3, -0.25) is 9.69 Å². The van der Waals surface area contributed by atoms with Gasteiger partial charge < -0.3 is 9.47 Å². The second kappa shape index (κ2) is 5.61. The summed E-state index contributed by atoms with van der Waals surface area (Å²) in [5.41, 5.74) is 4.00. The van der Waals surface area contributed by atoms with Crippen molar-refractivity contribution < 1.29 is 14.3 Å². The third-order valence-electron chi connectivity index (χ3n) is 4.33. The van der Waals surface area contributed by atoms with Gasteiger partial charge in [-0.25, -0.2) is 0 Å². The van der Waals surface area contributed by atoms with Gasteiger partial charge in [0.1, 0.15) is 11.9 Å². The van der Waals surface area contributed by atoms with Gasteiger partial charge in [-0.15, -0.1) is 0 Å². The van der Waals surface area contributed by atoms with E-state index in [0.717, 1.165) is 22.6 Å². The van der Waals surface area contributed by atoms with E-state index in [1.807, 2.05) is 43.0 Å². The van der Waals surface area contributed by atoms with Gasteiger partial charge in [-0.05, 0) is 50.6 Å². The van der Waals surface area contributed by atoms with E-state index in [1.165, 1.54) is 5.57 Å². The van der Waals surface area contributed by atoms with E-state index in [2.05, 4.69) is 13.0 Å². The molecule has 2 atom stereocenters. The summed E-state index contributed by atoms with van der Waals surface area (Å²) < 4.78 is 11.0. The number of amides is 1. The Morgan fingerprint density at radius 2 is 1.95 bits per heavy atom. The molecule has 4 nitrogen and oxygen atoms in total. The molecule has 0 aliphatic carbocycles. The summed E-state index contributed by atoms with van der Waals surface area (Å²) in [5, 5.41) is 0. The molecule has 2 heterocycles. The minimum atomic E-state index is -0.0512. The first kappa shape index (κ1) is 14.9. The van der Waals surface area contributed by atoms with Crippen molar-refractivity contribution in [3.05, 3.63) is 47.1 Å². The first-order chi connectivity index (χ1) is 10.5. The zero-order valence-electron chi connectivity index (χ0n) is 13.4. The summed E-state index contributed by atoms with van der Waals surface area (Å²) in [7, 11) is 1.63. The molecular weight excluding hydrogens is 278 g/mol. The van der Waals surface area contributed by atoms with E-state index >= 15 is 0 Å². The van der Waals surface area contributed by atoms with Crippen molar-refractivity contribution >= 4 is 11.6 Å². The zero-order valence-corrected chi connectivity index (χ0v) is 13.4. The lowest BCUT2D eigenvalue weighted by atomic mass is 9.84. The molecule has 22 heavy (non-hydrogen) atoms. The number of rotatable bonds is 3. The Balaban J connectivity index is 1.96. The quantitative estimate of drug-likeness (QED) is 0.489. The van der Waals surface area contributed by atoms with Crippen LogP contribution < -0.4 is 9.64 Å². The fourth-order valence-electron chi connectivity index (χ4n) is 3.13. The van der Waals surface area contributed by atoms with E-state index in [4.69, 9.17) is 9.47 Å². The van der Waals surface area contributed by atoms with Crippen LogP contribution in [0.25, 0.3) is 0 Å². The molecule has 0 unspecified atom stereocenters. The van der Waals surface area contributed by atoms with Crippen molar-refractivity contribution in [2.75, 3.05) is 18.6 Å². The molecule has 0 saturated carbocycles. The van der Waals surface area contributed by atoms with Crippen LogP contribution in [0.15, 0.2) is 47.1 Å². The van der Waals surface area contributed by atoms with Gasteiger partial charge in [-0.2, -0.15) is 0 Å². The maximum atomic E-state index is 12.6. The van der Waals surface area contributed by atoms with Crippen LogP contribution in [0.2, 0.25) is 0 Å². The lowest BCUT2D eigenvalue weighted by molar-refractivity contribution is -0.120. The Hall–Kier alpha value is -2.07. The molecule has 2 aliphatic heterocycles. The molecule has 2 aliphatic rings. The van der Waals surface area contributed by atoms with Gasteiger partial charge in [0.05, 0.1) is 19.8 Å². The monoisotopic (exact) mass is 299 g/mol. The smallest absolute Gasteiger partial charge is 0.257 e. The number of benzene rings is 1. The van der Waals surface area contributed by atoms with Crippen LogP contribution in [-0.4, -0.2) is 31.8 Å². The topological polar surface area (TPSA) is 38.8 Å². The van der Waals surface area contributed by atoms with Crippen molar-refractivity contribution in [3.63, 3.8) is 0 Å². The molecule has 0 bridgehead atoms. The van der Waals surface area contributed by atoms with Crippen molar-refractivity contribution in [1.82, 2.24) is 0 Å². The maximum Gasteiger partial charge on any atom is 0.257 e. The van der Waals surface area contributed by atoms with E-state index in [1.54, 1.807) is 7.11 Å². The SMILES string of the molecule is COc1ccc(N2C(=O)C(=C(C)C)[C@@H]2[C@H]2OCC=C2C)cc1. The number of anilines is 1. The summed E-state index contributed by atoms with van der Waals surface area (Å²) in [6.07, 6.45) is 2.03. The molecule has 1 fully saturated rings. The van der Waals surface area contributed by atoms with E-state index in [0.29, 0.717) is 6.61 Å². The fraction of sp³-hybridized carbons (Fsp3) is 0.389. The van der Waals surface area contributed by atoms with Crippen LogP contribution in [0.1, 0.15) is 20.8 Å². The molecule has 1 aromatic rings. The number of methoxy groups -OCH3 is 1. The summed E-state index contributed by atoms with van der Waals surface area (Å²) in [4.78, 5) is 14.4. The molecule has 0 aromatic heterocycles. The molecule has 3 rings (SSSR count). The third-order valence-corrected chi connectivity index (χ3v) is 4.33. The Morgan fingerprint density at radius 1 is 1.27 bits per heavy atom. The van der Waals surface area contributed by atoms with Gasteiger partial charge in [-0.1, -0.05) is 11.6 Å². The van der Waals surface area contributed by atoms with Crippen molar-refractivity contribution in [3.8, 4) is 5.75 Å². The van der Waals surface area contributed by atoms with Gasteiger partial charge in [0.15, 0.2) is 0 Å². The number of nitrogens with zero attached hydrogens (tertiary/aromatic N) is 1. The standard InChI is InChI=1S/C18H21NO3/c1-11(2)15-16(17-12(3)9-10-22-17)19(18(15)20)13-5-7-14(21-4)8-6-13/h5-9,16-17H,10H2,1-4H3/t16-,17+/m1/s1. The highest BCUT2D eigenvalue weighted by molar-refractivity contribution is 6.16. The number of allylic oxidation sites excluding steroid dienone is 1. The Labute approximate surface area is 131 Å². The van der Waals surface area contributed by atoms with Crippen LogP contribution in [0.4, 0.5) is 5.69 Å². The second-order valence-corrected chi connectivity index (χ2v) is 5.93. The predicted molar refractivity (Wildman–Crippen MR) is 86.1 cm³/mol. The highest BCUT2D eigenvalue weighted by atomic mass is 16.5. The Kier molecular flexibility index (Phi) is 3.79. The molecule has 1 saturated heterocycles. The maximum absolute atomic E-state index is 12.6. The molecule has 116 valence electrons. The van der Waals surface area contributed by atoms with Gasteiger partial charge in [0.2, 0.25) is 0 Å². The second-order valence-electron chi connectivity index (χ2n) is 5.93. The van der Waals surface area contributed by atoms with Crippen molar-refractivity contribution in [2.24, 2.45) is 0 Å². The zero-order chi connectivity index (χ0) is 15.9. The van der Waals surface area contributed by atoms with E-state index < -0.39 is 0 Å². The lowest BCUT2D eigenvalue weighted by Gasteiger charge is -2.46. The summed E-state index contributed by atoms with van der Waals surface area (Å²) >= 11 is 0. The van der Waals surface area contributed by atoms with Crippen LogP contribution in [0, 0.1) is 0 Å². The summed E-state index contributed by atoms with van der Waals surface area (Å²) in [6, 6.07) is 7.54. The van der Waals surface area contributed by atoms with Crippen LogP contribution in [0.5, 0.6) is 5.75 Å². The molecule has 0 radical (unpaired) electrons.